The Morgan fingerprint density at radius 1 is 1.53 bits per heavy atom. The van der Waals surface area contributed by atoms with Gasteiger partial charge in [-0.1, -0.05) is 12.1 Å². The molecule has 1 amide bonds. The molecular weight excluding hydrogens is 246 g/mol. The summed E-state index contributed by atoms with van der Waals surface area (Å²) in [6.07, 6.45) is 3.50. The van der Waals surface area contributed by atoms with Gasteiger partial charge in [-0.3, -0.25) is 4.79 Å². The lowest BCUT2D eigenvalue weighted by Crippen LogP contribution is -2.47. The second kappa shape index (κ2) is 6.23. The van der Waals surface area contributed by atoms with Crippen LogP contribution in [0.2, 0.25) is 0 Å². The Labute approximate surface area is 113 Å². The van der Waals surface area contributed by atoms with Gasteiger partial charge in [0.2, 0.25) is 5.91 Å². The summed E-state index contributed by atoms with van der Waals surface area (Å²) in [5.41, 5.74) is 5.65. The second-order valence-corrected chi connectivity index (χ2v) is 5.36. The molecule has 0 aromatic carbocycles. The van der Waals surface area contributed by atoms with E-state index in [4.69, 9.17) is 15.7 Å². The first-order valence-electron chi connectivity index (χ1n) is 7.05. The molecule has 2 aliphatic heterocycles. The van der Waals surface area contributed by atoms with Crippen LogP contribution in [0.25, 0.3) is 0 Å². The van der Waals surface area contributed by atoms with E-state index in [1.54, 1.807) is 0 Å². The van der Waals surface area contributed by atoms with Gasteiger partial charge in [0.1, 0.15) is 5.84 Å². The lowest BCUT2D eigenvalue weighted by molar-refractivity contribution is -0.138. The molecule has 2 fully saturated rings. The fourth-order valence-electron chi connectivity index (χ4n) is 3.07. The molecule has 3 N–H and O–H groups in total. The van der Waals surface area contributed by atoms with Gasteiger partial charge in [0, 0.05) is 25.6 Å². The van der Waals surface area contributed by atoms with Gasteiger partial charge in [0.05, 0.1) is 12.0 Å². The van der Waals surface area contributed by atoms with E-state index < -0.39 is 0 Å². The standard InChI is InChI=1S/C13H23N3O3/c1-2-11-10(5-7-19-11)13(17)16-6-3-4-9(8-16)12(14)15-18/h9-11,18H,2-8H2,1H3,(H2,14,15). The maximum absolute atomic E-state index is 12.5. The average molecular weight is 269 g/mol. The van der Waals surface area contributed by atoms with Gasteiger partial charge < -0.3 is 20.6 Å². The van der Waals surface area contributed by atoms with Crippen molar-refractivity contribution in [1.29, 1.82) is 0 Å². The van der Waals surface area contributed by atoms with Crippen LogP contribution >= 0.6 is 0 Å². The minimum Gasteiger partial charge on any atom is -0.409 e. The minimum atomic E-state index is -0.0231. The molecule has 0 aromatic rings. The summed E-state index contributed by atoms with van der Waals surface area (Å²) < 4.78 is 5.59. The van der Waals surface area contributed by atoms with Crippen molar-refractivity contribution in [1.82, 2.24) is 4.90 Å². The smallest absolute Gasteiger partial charge is 0.228 e. The number of piperidine rings is 1. The quantitative estimate of drug-likeness (QED) is 0.343. The molecule has 2 aliphatic rings. The van der Waals surface area contributed by atoms with Gasteiger partial charge in [-0.2, -0.15) is 0 Å². The van der Waals surface area contributed by atoms with Crippen LogP contribution in [-0.2, 0) is 9.53 Å². The number of rotatable bonds is 3. The summed E-state index contributed by atoms with van der Waals surface area (Å²) in [4.78, 5) is 14.4. The number of amides is 1. The monoisotopic (exact) mass is 269 g/mol. The summed E-state index contributed by atoms with van der Waals surface area (Å²) in [5, 5.41) is 11.8. The topological polar surface area (TPSA) is 88.2 Å². The third-order valence-electron chi connectivity index (χ3n) is 4.20. The highest BCUT2D eigenvalue weighted by molar-refractivity contribution is 5.84. The molecule has 3 unspecified atom stereocenters. The molecule has 3 atom stereocenters. The number of carbonyl (C=O) groups is 1. The van der Waals surface area contributed by atoms with Gasteiger partial charge in [0.25, 0.3) is 0 Å². The van der Waals surface area contributed by atoms with Gasteiger partial charge in [0.15, 0.2) is 0 Å². The summed E-state index contributed by atoms with van der Waals surface area (Å²) in [7, 11) is 0. The molecule has 6 heteroatoms. The molecular formula is C13H23N3O3. The number of ether oxygens (including phenoxy) is 1. The summed E-state index contributed by atoms with van der Waals surface area (Å²) in [5.74, 6) is 0.355. The van der Waals surface area contributed by atoms with E-state index in [0.29, 0.717) is 13.2 Å². The first-order chi connectivity index (χ1) is 9.17. The first-order valence-corrected chi connectivity index (χ1v) is 7.05. The van der Waals surface area contributed by atoms with Crippen LogP contribution in [0.3, 0.4) is 0 Å². The van der Waals surface area contributed by atoms with Gasteiger partial charge >= 0.3 is 0 Å². The molecule has 0 spiro atoms. The van der Waals surface area contributed by atoms with Crippen LogP contribution in [-0.4, -0.2) is 47.7 Å². The van der Waals surface area contributed by atoms with Crippen LogP contribution < -0.4 is 5.73 Å². The van der Waals surface area contributed by atoms with Crippen LogP contribution in [0.1, 0.15) is 32.6 Å². The molecule has 0 saturated carbocycles. The molecule has 19 heavy (non-hydrogen) atoms. The van der Waals surface area contributed by atoms with Crippen molar-refractivity contribution in [3.63, 3.8) is 0 Å². The highest BCUT2D eigenvalue weighted by atomic mass is 16.5. The number of amidine groups is 1. The van der Waals surface area contributed by atoms with Crippen LogP contribution in [0.15, 0.2) is 5.16 Å². The molecule has 2 heterocycles. The van der Waals surface area contributed by atoms with Crippen molar-refractivity contribution in [3.05, 3.63) is 0 Å². The Bertz CT molecular complexity index is 359. The van der Waals surface area contributed by atoms with Gasteiger partial charge in [-0.05, 0) is 25.7 Å². The number of likely N-dealkylation sites (tertiary alicyclic amines) is 1. The van der Waals surface area contributed by atoms with E-state index in [1.807, 2.05) is 11.8 Å². The lowest BCUT2D eigenvalue weighted by Gasteiger charge is -2.34. The maximum Gasteiger partial charge on any atom is 0.228 e. The fraction of sp³-hybridized carbons (Fsp3) is 0.846. The molecule has 2 rings (SSSR count). The van der Waals surface area contributed by atoms with Crippen LogP contribution in [0.5, 0.6) is 0 Å². The number of hydrogen-bond acceptors (Lipinski definition) is 4. The Morgan fingerprint density at radius 3 is 3.00 bits per heavy atom. The number of carbonyl (C=O) groups excluding carboxylic acids is 1. The third-order valence-corrected chi connectivity index (χ3v) is 4.20. The predicted molar refractivity (Wildman–Crippen MR) is 70.9 cm³/mol. The zero-order valence-electron chi connectivity index (χ0n) is 11.4. The highest BCUT2D eigenvalue weighted by Gasteiger charge is 2.37. The van der Waals surface area contributed by atoms with E-state index in [0.717, 1.165) is 32.2 Å². The number of hydrogen-bond donors (Lipinski definition) is 2. The fourth-order valence-corrected chi connectivity index (χ4v) is 3.07. The predicted octanol–water partition coefficient (Wildman–Crippen LogP) is 0.786. The van der Waals surface area contributed by atoms with E-state index in [9.17, 15) is 4.79 Å². The third kappa shape index (κ3) is 3.00. The lowest BCUT2D eigenvalue weighted by atomic mass is 9.93. The van der Waals surface area contributed by atoms with Crippen molar-refractivity contribution in [2.24, 2.45) is 22.7 Å². The van der Waals surface area contributed by atoms with Crippen molar-refractivity contribution in [2.75, 3.05) is 19.7 Å². The zero-order chi connectivity index (χ0) is 13.8. The molecule has 0 aliphatic carbocycles. The van der Waals surface area contributed by atoms with Crippen molar-refractivity contribution in [3.8, 4) is 0 Å². The number of nitrogens with two attached hydrogens (primary N) is 1. The maximum atomic E-state index is 12.5. The molecule has 0 aromatic heterocycles. The van der Waals surface area contributed by atoms with E-state index in [1.165, 1.54) is 0 Å². The Hall–Kier alpha value is -1.30. The second-order valence-electron chi connectivity index (χ2n) is 5.36. The summed E-state index contributed by atoms with van der Waals surface area (Å²) in [6.45, 7) is 4.04. The van der Waals surface area contributed by atoms with Crippen LogP contribution in [0, 0.1) is 11.8 Å². The number of oxime groups is 1. The molecule has 0 radical (unpaired) electrons. The Balaban J connectivity index is 1.99. The van der Waals surface area contributed by atoms with E-state index in [-0.39, 0.29) is 29.7 Å². The van der Waals surface area contributed by atoms with Crippen LogP contribution in [0.4, 0.5) is 0 Å². The molecule has 0 bridgehead atoms. The molecule has 6 nitrogen and oxygen atoms in total. The summed E-state index contributed by atoms with van der Waals surface area (Å²) >= 11 is 0. The average Bonchev–Trinajstić information content (AvgIpc) is 2.94. The largest absolute Gasteiger partial charge is 0.409 e. The van der Waals surface area contributed by atoms with Crippen molar-refractivity contribution < 1.29 is 14.7 Å². The van der Waals surface area contributed by atoms with Crippen molar-refractivity contribution >= 4 is 11.7 Å². The molecule has 108 valence electrons. The Kier molecular flexibility index (Phi) is 4.63. The number of nitrogens with zero attached hydrogens (tertiary/aromatic N) is 2. The SMILES string of the molecule is CCC1OCCC1C(=O)N1CCCC(C(N)=NO)C1. The normalized spacial score (nSPS) is 32.6. The highest BCUT2D eigenvalue weighted by Crippen LogP contribution is 2.27. The van der Waals surface area contributed by atoms with Gasteiger partial charge in [-0.25, -0.2) is 0 Å². The van der Waals surface area contributed by atoms with E-state index >= 15 is 0 Å². The van der Waals surface area contributed by atoms with E-state index in [2.05, 4.69) is 5.16 Å². The zero-order valence-corrected chi connectivity index (χ0v) is 11.4. The first kappa shape index (κ1) is 14.1. The Morgan fingerprint density at radius 2 is 2.32 bits per heavy atom. The minimum absolute atomic E-state index is 0.0176. The molecule has 2 saturated heterocycles. The summed E-state index contributed by atoms with van der Waals surface area (Å²) in [6, 6.07) is 0. The van der Waals surface area contributed by atoms with Crippen molar-refractivity contribution in [2.45, 2.75) is 38.7 Å². The van der Waals surface area contributed by atoms with Gasteiger partial charge in [-0.15, -0.1) is 0 Å².